The van der Waals surface area contributed by atoms with Gasteiger partial charge < -0.3 is 15.4 Å². The Morgan fingerprint density at radius 1 is 1.48 bits per heavy atom. The van der Waals surface area contributed by atoms with Crippen molar-refractivity contribution in [2.24, 2.45) is 0 Å². The van der Waals surface area contributed by atoms with E-state index in [4.69, 9.17) is 4.74 Å². The number of aryl methyl sites for hydroxylation is 1. The standard InChI is InChI=1S/C16H21N5O2/c1-10(2)23-15-14(4-3-7-17-15)20-16(22)19-12-5-6-13-11(8-12)9-18-21-13/h3-4,7,9-10,12H,5-6,8H2,1-2H3,(H,18,21)(H2,19,20,22)/t12-/m1/s1. The highest BCUT2D eigenvalue weighted by molar-refractivity contribution is 5.90. The zero-order valence-electron chi connectivity index (χ0n) is 13.3. The Morgan fingerprint density at radius 2 is 2.35 bits per heavy atom. The second kappa shape index (κ2) is 6.68. The molecule has 0 bridgehead atoms. The van der Waals surface area contributed by atoms with Gasteiger partial charge in [0.25, 0.3) is 0 Å². The van der Waals surface area contributed by atoms with Crippen molar-refractivity contribution in [3.05, 3.63) is 35.8 Å². The molecule has 2 heterocycles. The molecule has 7 nitrogen and oxygen atoms in total. The summed E-state index contributed by atoms with van der Waals surface area (Å²) in [7, 11) is 0. The van der Waals surface area contributed by atoms with E-state index in [-0.39, 0.29) is 18.2 Å². The van der Waals surface area contributed by atoms with Crippen molar-refractivity contribution in [3.8, 4) is 5.88 Å². The topological polar surface area (TPSA) is 91.9 Å². The van der Waals surface area contributed by atoms with Gasteiger partial charge in [0.2, 0.25) is 5.88 Å². The van der Waals surface area contributed by atoms with Crippen LogP contribution in [0.4, 0.5) is 10.5 Å². The van der Waals surface area contributed by atoms with Crippen LogP contribution in [-0.4, -0.2) is 33.4 Å². The molecule has 2 aromatic rings. The maximum absolute atomic E-state index is 12.2. The quantitative estimate of drug-likeness (QED) is 0.807. The van der Waals surface area contributed by atoms with Crippen LogP contribution in [0, 0.1) is 0 Å². The van der Waals surface area contributed by atoms with E-state index >= 15 is 0 Å². The van der Waals surface area contributed by atoms with E-state index < -0.39 is 0 Å². The smallest absolute Gasteiger partial charge is 0.319 e. The molecule has 0 fully saturated rings. The number of rotatable bonds is 4. The molecule has 2 amide bonds. The molecule has 1 atom stereocenters. The first-order valence-electron chi connectivity index (χ1n) is 7.82. The molecule has 23 heavy (non-hydrogen) atoms. The van der Waals surface area contributed by atoms with Crippen molar-refractivity contribution in [2.75, 3.05) is 5.32 Å². The van der Waals surface area contributed by atoms with Gasteiger partial charge in [0, 0.05) is 17.9 Å². The van der Waals surface area contributed by atoms with Crippen molar-refractivity contribution in [1.82, 2.24) is 20.5 Å². The second-order valence-electron chi connectivity index (χ2n) is 5.93. The lowest BCUT2D eigenvalue weighted by Crippen LogP contribution is -2.41. The molecule has 1 aliphatic rings. The number of nitrogens with zero attached hydrogens (tertiary/aromatic N) is 2. The summed E-state index contributed by atoms with van der Waals surface area (Å²) < 4.78 is 5.61. The van der Waals surface area contributed by atoms with Gasteiger partial charge in [-0.15, -0.1) is 0 Å². The number of ether oxygens (including phenoxy) is 1. The largest absolute Gasteiger partial charge is 0.473 e. The lowest BCUT2D eigenvalue weighted by molar-refractivity contribution is 0.232. The minimum Gasteiger partial charge on any atom is -0.473 e. The lowest BCUT2D eigenvalue weighted by atomic mass is 9.94. The Morgan fingerprint density at radius 3 is 3.17 bits per heavy atom. The number of aromatic amines is 1. The number of H-pyrrole nitrogens is 1. The number of hydrogen-bond donors (Lipinski definition) is 3. The van der Waals surface area contributed by atoms with Gasteiger partial charge in [-0.1, -0.05) is 0 Å². The zero-order valence-corrected chi connectivity index (χ0v) is 13.3. The third-order valence-corrected chi connectivity index (χ3v) is 3.72. The van der Waals surface area contributed by atoms with E-state index in [9.17, 15) is 4.79 Å². The molecule has 3 rings (SSSR count). The maximum atomic E-state index is 12.2. The first-order chi connectivity index (χ1) is 11.1. The summed E-state index contributed by atoms with van der Waals surface area (Å²) in [6, 6.07) is 3.40. The van der Waals surface area contributed by atoms with Crippen molar-refractivity contribution in [3.63, 3.8) is 0 Å². The number of urea groups is 1. The fourth-order valence-electron chi connectivity index (χ4n) is 2.69. The van der Waals surface area contributed by atoms with Crippen LogP contribution < -0.4 is 15.4 Å². The van der Waals surface area contributed by atoms with E-state index in [2.05, 4.69) is 25.8 Å². The molecular formula is C16H21N5O2. The van der Waals surface area contributed by atoms with Gasteiger partial charge in [-0.05, 0) is 50.8 Å². The molecule has 3 N–H and O–H groups in total. The SMILES string of the molecule is CC(C)Oc1ncccc1NC(=O)N[C@@H]1CCc2[nH]ncc2C1. The van der Waals surface area contributed by atoms with E-state index in [0.29, 0.717) is 11.6 Å². The maximum Gasteiger partial charge on any atom is 0.319 e. The van der Waals surface area contributed by atoms with Crippen LogP contribution in [0.2, 0.25) is 0 Å². The Balaban J connectivity index is 1.60. The third kappa shape index (κ3) is 3.80. The Hall–Kier alpha value is -2.57. The van der Waals surface area contributed by atoms with Gasteiger partial charge >= 0.3 is 6.03 Å². The van der Waals surface area contributed by atoms with Gasteiger partial charge in [0.1, 0.15) is 5.69 Å². The molecule has 122 valence electrons. The highest BCUT2D eigenvalue weighted by Crippen LogP contribution is 2.22. The summed E-state index contributed by atoms with van der Waals surface area (Å²) in [5.41, 5.74) is 2.91. The van der Waals surface area contributed by atoms with Crippen LogP contribution in [0.1, 0.15) is 31.5 Å². The molecule has 0 radical (unpaired) electrons. The molecule has 0 unspecified atom stereocenters. The van der Waals surface area contributed by atoms with E-state index in [1.54, 1.807) is 18.3 Å². The molecule has 0 saturated carbocycles. The first-order valence-corrected chi connectivity index (χ1v) is 7.82. The number of aromatic nitrogens is 3. The number of carbonyl (C=O) groups excluding carboxylic acids is 1. The van der Waals surface area contributed by atoms with Crippen LogP contribution in [-0.2, 0) is 12.8 Å². The van der Waals surface area contributed by atoms with Gasteiger partial charge in [-0.25, -0.2) is 9.78 Å². The van der Waals surface area contributed by atoms with Crippen LogP contribution in [0.25, 0.3) is 0 Å². The van der Waals surface area contributed by atoms with Gasteiger partial charge in [0.15, 0.2) is 0 Å². The summed E-state index contributed by atoms with van der Waals surface area (Å²) >= 11 is 0. The lowest BCUT2D eigenvalue weighted by Gasteiger charge is -2.23. The Labute approximate surface area is 134 Å². The van der Waals surface area contributed by atoms with E-state index in [0.717, 1.165) is 19.3 Å². The second-order valence-corrected chi connectivity index (χ2v) is 5.93. The highest BCUT2D eigenvalue weighted by Gasteiger charge is 2.22. The molecule has 0 aromatic carbocycles. The predicted octanol–water partition coefficient (Wildman–Crippen LogP) is 2.27. The number of hydrogen-bond acceptors (Lipinski definition) is 4. The van der Waals surface area contributed by atoms with Gasteiger partial charge in [0.05, 0.1) is 12.3 Å². The minimum atomic E-state index is -0.247. The van der Waals surface area contributed by atoms with Crippen molar-refractivity contribution < 1.29 is 9.53 Å². The summed E-state index contributed by atoms with van der Waals surface area (Å²) in [4.78, 5) is 16.4. The Bertz CT molecular complexity index is 683. The fourth-order valence-corrected chi connectivity index (χ4v) is 2.69. The molecule has 2 aromatic heterocycles. The monoisotopic (exact) mass is 315 g/mol. The van der Waals surface area contributed by atoms with E-state index in [1.165, 1.54) is 11.3 Å². The van der Waals surface area contributed by atoms with Gasteiger partial charge in [-0.2, -0.15) is 5.10 Å². The summed E-state index contributed by atoms with van der Waals surface area (Å²) in [6.07, 6.45) is 6.05. The normalized spacial score (nSPS) is 16.7. The molecule has 1 aliphatic carbocycles. The fraction of sp³-hybridized carbons (Fsp3) is 0.438. The van der Waals surface area contributed by atoms with Crippen LogP contribution in [0.15, 0.2) is 24.5 Å². The Kier molecular flexibility index (Phi) is 4.45. The van der Waals surface area contributed by atoms with Crippen LogP contribution >= 0.6 is 0 Å². The number of nitrogens with one attached hydrogen (secondary N) is 3. The zero-order chi connectivity index (χ0) is 16.2. The summed E-state index contributed by atoms with van der Waals surface area (Å²) in [5, 5.41) is 12.9. The average molecular weight is 315 g/mol. The van der Waals surface area contributed by atoms with Crippen molar-refractivity contribution in [2.45, 2.75) is 45.3 Å². The van der Waals surface area contributed by atoms with Crippen molar-refractivity contribution >= 4 is 11.7 Å². The minimum absolute atomic E-state index is 0.00799. The molecule has 0 saturated heterocycles. The molecular weight excluding hydrogens is 294 g/mol. The van der Waals surface area contributed by atoms with Crippen LogP contribution in [0.3, 0.4) is 0 Å². The molecule has 7 heteroatoms. The summed E-state index contributed by atoms with van der Waals surface area (Å²) in [6.45, 7) is 3.84. The average Bonchev–Trinajstić information content (AvgIpc) is 2.96. The summed E-state index contributed by atoms with van der Waals surface area (Å²) in [5.74, 6) is 0.429. The molecule has 0 aliphatic heterocycles. The first kappa shape index (κ1) is 15.3. The van der Waals surface area contributed by atoms with Gasteiger partial charge in [-0.3, -0.25) is 5.10 Å². The number of carbonyl (C=O) groups is 1. The van der Waals surface area contributed by atoms with Crippen molar-refractivity contribution in [1.29, 1.82) is 0 Å². The number of anilines is 1. The number of pyridine rings is 1. The number of fused-ring (bicyclic) bond motifs is 1. The number of amides is 2. The van der Waals surface area contributed by atoms with Crippen LogP contribution in [0.5, 0.6) is 5.88 Å². The molecule has 0 spiro atoms. The highest BCUT2D eigenvalue weighted by atomic mass is 16.5. The third-order valence-electron chi connectivity index (χ3n) is 3.72. The predicted molar refractivity (Wildman–Crippen MR) is 86.6 cm³/mol. The van der Waals surface area contributed by atoms with E-state index in [1.807, 2.05) is 20.0 Å².